The Bertz CT molecular complexity index is 830. The first-order chi connectivity index (χ1) is 11.6. The van der Waals surface area contributed by atoms with Crippen molar-refractivity contribution in [2.75, 3.05) is 5.32 Å². The number of unbranched alkanes of at least 4 members (excludes halogenated alkanes) is 1. The molecule has 0 radical (unpaired) electrons. The lowest BCUT2D eigenvalue weighted by atomic mass is 10.2. The van der Waals surface area contributed by atoms with Crippen LogP contribution in [0.4, 0.5) is 11.4 Å². The molecule has 0 amide bonds. The van der Waals surface area contributed by atoms with Crippen molar-refractivity contribution in [3.05, 3.63) is 53.9 Å². The minimum absolute atomic E-state index is 0.417. The minimum atomic E-state index is 0.417. The largest absolute Gasteiger partial charge is 0.353 e. The lowest BCUT2D eigenvalue weighted by molar-refractivity contribution is 0.595. The molecule has 3 rings (SSSR count). The second-order valence-corrected chi connectivity index (χ2v) is 6.74. The first-order valence-corrected chi connectivity index (χ1v) is 8.93. The lowest BCUT2D eigenvalue weighted by Gasteiger charge is -2.11. The van der Waals surface area contributed by atoms with Crippen molar-refractivity contribution < 1.29 is 0 Å². The van der Waals surface area contributed by atoms with Gasteiger partial charge in [-0.25, -0.2) is 4.98 Å². The summed E-state index contributed by atoms with van der Waals surface area (Å²) in [5.41, 5.74) is 5.76. The second-order valence-electron chi connectivity index (χ2n) is 6.74. The first-order valence-electron chi connectivity index (χ1n) is 8.93. The van der Waals surface area contributed by atoms with E-state index in [1.807, 2.05) is 0 Å². The molecule has 0 unspecified atom stereocenters. The molecule has 0 aliphatic heterocycles. The quantitative estimate of drug-likeness (QED) is 0.602. The summed E-state index contributed by atoms with van der Waals surface area (Å²) in [4.78, 5) is 4.99. The van der Waals surface area contributed by atoms with E-state index in [0.29, 0.717) is 5.92 Å². The fourth-order valence-corrected chi connectivity index (χ4v) is 3.12. The number of benzene rings is 2. The number of nitrogens with zero attached hydrogens (tertiary/aromatic N) is 2. The van der Waals surface area contributed by atoms with E-state index in [1.165, 1.54) is 29.7 Å². The number of anilines is 2. The van der Waals surface area contributed by atoms with Crippen LogP contribution in [0, 0.1) is 6.92 Å². The van der Waals surface area contributed by atoms with Crippen molar-refractivity contribution in [2.45, 2.75) is 53.0 Å². The van der Waals surface area contributed by atoms with Gasteiger partial charge in [-0.1, -0.05) is 51.5 Å². The third kappa shape index (κ3) is 3.16. The van der Waals surface area contributed by atoms with Crippen LogP contribution in [0.1, 0.15) is 50.9 Å². The van der Waals surface area contributed by atoms with Crippen LogP contribution in [0.25, 0.3) is 11.0 Å². The van der Waals surface area contributed by atoms with Crippen LogP contribution < -0.4 is 5.32 Å². The highest BCUT2D eigenvalue weighted by Crippen LogP contribution is 2.30. The molecule has 3 heteroatoms. The van der Waals surface area contributed by atoms with Crippen LogP contribution in [0.2, 0.25) is 0 Å². The Morgan fingerprint density at radius 2 is 1.79 bits per heavy atom. The zero-order valence-corrected chi connectivity index (χ0v) is 15.1. The minimum Gasteiger partial charge on any atom is -0.353 e. The van der Waals surface area contributed by atoms with Crippen LogP contribution >= 0.6 is 0 Å². The van der Waals surface area contributed by atoms with Crippen molar-refractivity contribution >= 4 is 22.4 Å². The fraction of sp³-hybridized carbons (Fsp3) is 0.381. The maximum absolute atomic E-state index is 4.99. The van der Waals surface area contributed by atoms with E-state index in [4.69, 9.17) is 4.98 Å². The van der Waals surface area contributed by atoms with Crippen LogP contribution in [-0.4, -0.2) is 9.55 Å². The maximum Gasteiger partial charge on any atom is 0.112 e. The monoisotopic (exact) mass is 321 g/mol. The number of hydrogen-bond donors (Lipinski definition) is 1. The smallest absolute Gasteiger partial charge is 0.112 e. The molecule has 0 saturated carbocycles. The van der Waals surface area contributed by atoms with Gasteiger partial charge in [0.2, 0.25) is 0 Å². The predicted molar refractivity (Wildman–Crippen MR) is 103 cm³/mol. The van der Waals surface area contributed by atoms with Gasteiger partial charge in [0, 0.05) is 18.2 Å². The molecule has 1 heterocycles. The summed E-state index contributed by atoms with van der Waals surface area (Å²) in [7, 11) is 0. The maximum atomic E-state index is 4.99. The van der Waals surface area contributed by atoms with E-state index in [2.05, 4.69) is 80.0 Å². The van der Waals surface area contributed by atoms with Gasteiger partial charge >= 0.3 is 0 Å². The summed E-state index contributed by atoms with van der Waals surface area (Å²) in [5, 5.41) is 3.57. The number of imidazole rings is 1. The van der Waals surface area contributed by atoms with Gasteiger partial charge in [0.05, 0.1) is 11.2 Å². The summed E-state index contributed by atoms with van der Waals surface area (Å²) in [5.74, 6) is 1.60. The predicted octanol–water partition coefficient (Wildman–Crippen LogP) is 6.01. The molecule has 0 saturated heterocycles. The van der Waals surface area contributed by atoms with Crippen molar-refractivity contribution in [3.63, 3.8) is 0 Å². The zero-order valence-electron chi connectivity index (χ0n) is 15.1. The van der Waals surface area contributed by atoms with Gasteiger partial charge in [-0.05, 0) is 37.1 Å². The molecule has 0 fully saturated rings. The summed E-state index contributed by atoms with van der Waals surface area (Å²) < 4.78 is 2.40. The third-order valence-corrected chi connectivity index (χ3v) is 4.47. The van der Waals surface area contributed by atoms with Gasteiger partial charge in [0.1, 0.15) is 11.3 Å². The molecule has 0 atom stereocenters. The number of nitrogens with one attached hydrogen (secondary N) is 1. The molecule has 3 aromatic rings. The van der Waals surface area contributed by atoms with Crippen LogP contribution in [0.3, 0.4) is 0 Å². The van der Waals surface area contributed by atoms with Crippen molar-refractivity contribution in [1.82, 2.24) is 9.55 Å². The Morgan fingerprint density at radius 3 is 2.50 bits per heavy atom. The number of para-hydroxylation sites is 2. The molecule has 0 aliphatic carbocycles. The highest BCUT2D eigenvalue weighted by Gasteiger charge is 2.16. The highest BCUT2D eigenvalue weighted by molar-refractivity contribution is 5.91. The number of hydrogen-bond acceptors (Lipinski definition) is 2. The Labute approximate surface area is 144 Å². The molecule has 126 valence electrons. The number of fused-ring (bicyclic) bond motifs is 1. The summed E-state index contributed by atoms with van der Waals surface area (Å²) in [6.07, 6.45) is 2.37. The zero-order chi connectivity index (χ0) is 17.1. The van der Waals surface area contributed by atoms with Gasteiger partial charge < -0.3 is 9.88 Å². The number of aromatic nitrogens is 2. The molecule has 0 spiro atoms. The topological polar surface area (TPSA) is 29.9 Å². The molecule has 2 aromatic carbocycles. The SMILES string of the molecule is CCCCn1c(C(C)C)nc2c(Nc3ccccc3C)cccc21. The summed E-state index contributed by atoms with van der Waals surface area (Å²) in [6, 6.07) is 14.8. The third-order valence-electron chi connectivity index (χ3n) is 4.47. The highest BCUT2D eigenvalue weighted by atomic mass is 15.1. The normalized spacial score (nSPS) is 11.4. The van der Waals surface area contributed by atoms with E-state index in [1.54, 1.807) is 0 Å². The van der Waals surface area contributed by atoms with Crippen molar-refractivity contribution in [2.24, 2.45) is 0 Å². The van der Waals surface area contributed by atoms with Crippen LogP contribution in [0.15, 0.2) is 42.5 Å². The van der Waals surface area contributed by atoms with Crippen molar-refractivity contribution in [3.8, 4) is 0 Å². The van der Waals surface area contributed by atoms with E-state index in [-0.39, 0.29) is 0 Å². The Hall–Kier alpha value is -2.29. The van der Waals surface area contributed by atoms with Crippen LogP contribution in [0.5, 0.6) is 0 Å². The van der Waals surface area contributed by atoms with Gasteiger partial charge in [-0.3, -0.25) is 0 Å². The van der Waals surface area contributed by atoms with E-state index in [0.717, 1.165) is 23.4 Å². The summed E-state index contributed by atoms with van der Waals surface area (Å²) in [6.45, 7) is 9.84. The van der Waals surface area contributed by atoms with E-state index >= 15 is 0 Å². The average molecular weight is 321 g/mol. The Morgan fingerprint density at radius 1 is 1.04 bits per heavy atom. The van der Waals surface area contributed by atoms with Gasteiger partial charge in [0.15, 0.2) is 0 Å². The Balaban J connectivity index is 2.08. The molecule has 0 bridgehead atoms. The molecule has 0 aliphatic rings. The van der Waals surface area contributed by atoms with Gasteiger partial charge in [-0.2, -0.15) is 0 Å². The number of aryl methyl sites for hydroxylation is 2. The molecular formula is C21H27N3. The summed E-state index contributed by atoms with van der Waals surface area (Å²) >= 11 is 0. The average Bonchev–Trinajstić information content (AvgIpc) is 2.95. The molecular weight excluding hydrogens is 294 g/mol. The van der Waals surface area contributed by atoms with Gasteiger partial charge in [0.25, 0.3) is 0 Å². The van der Waals surface area contributed by atoms with E-state index in [9.17, 15) is 0 Å². The van der Waals surface area contributed by atoms with Crippen molar-refractivity contribution in [1.29, 1.82) is 0 Å². The number of rotatable bonds is 6. The second kappa shape index (κ2) is 7.08. The van der Waals surface area contributed by atoms with Crippen LogP contribution in [-0.2, 0) is 6.54 Å². The molecule has 3 nitrogen and oxygen atoms in total. The van der Waals surface area contributed by atoms with E-state index < -0.39 is 0 Å². The first kappa shape index (κ1) is 16.6. The molecule has 1 aromatic heterocycles. The fourth-order valence-electron chi connectivity index (χ4n) is 3.12. The standard InChI is InChI=1S/C21H27N3/c1-5-6-14-24-19-13-9-12-18(20(19)23-21(24)15(2)3)22-17-11-8-7-10-16(17)4/h7-13,15,22H,5-6,14H2,1-4H3. The van der Waals surface area contributed by atoms with Gasteiger partial charge in [-0.15, -0.1) is 0 Å². The Kier molecular flexibility index (Phi) is 4.89. The molecule has 1 N–H and O–H groups in total. The molecule has 24 heavy (non-hydrogen) atoms. The lowest BCUT2D eigenvalue weighted by Crippen LogP contribution is -2.05.